The highest BCUT2D eigenvalue weighted by Crippen LogP contribution is 2.35. The number of primary amides is 1. The second-order valence-corrected chi connectivity index (χ2v) is 12.3. The molecular formula is C26H21N5O13S2. The zero-order valence-corrected chi connectivity index (χ0v) is 24.5. The number of carbonyl (C=O) groups is 3. The van der Waals surface area contributed by atoms with Gasteiger partial charge in [-0.3, -0.25) is 33.3 Å². The molecule has 2 aromatic heterocycles. The minimum Gasteiger partial charge on any atom is -0.494 e. The number of azo groups is 1. The van der Waals surface area contributed by atoms with Gasteiger partial charge in [-0.1, -0.05) is 6.07 Å². The predicted octanol–water partition coefficient (Wildman–Crippen LogP) is 2.13. The molecule has 0 atom stereocenters. The van der Waals surface area contributed by atoms with E-state index >= 15 is 0 Å². The fourth-order valence-electron chi connectivity index (χ4n) is 4.54. The first-order valence-electron chi connectivity index (χ1n) is 12.5. The Morgan fingerprint density at radius 1 is 0.891 bits per heavy atom. The summed E-state index contributed by atoms with van der Waals surface area (Å²) in [7, 11) is -10.3. The second-order valence-electron chi connectivity index (χ2n) is 9.52. The van der Waals surface area contributed by atoms with Crippen LogP contribution >= 0.6 is 0 Å². The van der Waals surface area contributed by atoms with E-state index in [2.05, 4.69) is 15.2 Å². The fourth-order valence-corrected chi connectivity index (χ4v) is 5.69. The number of fused-ring (bicyclic) bond motifs is 1. The number of benzene rings is 2. The van der Waals surface area contributed by atoms with Crippen molar-refractivity contribution >= 4 is 60.4 Å². The van der Waals surface area contributed by atoms with Gasteiger partial charge in [0.1, 0.15) is 10.5 Å². The van der Waals surface area contributed by atoms with Crippen LogP contribution in [0.25, 0.3) is 16.6 Å². The molecular weight excluding hydrogens is 654 g/mol. The van der Waals surface area contributed by atoms with Crippen LogP contribution in [-0.4, -0.2) is 68.7 Å². The van der Waals surface area contributed by atoms with Crippen LogP contribution < -0.4 is 11.3 Å². The lowest BCUT2D eigenvalue weighted by molar-refractivity contribution is -0.139. The van der Waals surface area contributed by atoms with Gasteiger partial charge in [-0.05, 0) is 48.0 Å². The van der Waals surface area contributed by atoms with Gasteiger partial charge in [0.25, 0.3) is 31.7 Å². The Bertz CT molecular complexity index is 2230. The molecule has 2 aromatic carbocycles. The van der Waals surface area contributed by atoms with Crippen molar-refractivity contribution in [2.24, 2.45) is 16.0 Å². The summed E-state index contributed by atoms with van der Waals surface area (Å²) in [4.78, 5) is 50.6. The normalized spacial score (nSPS) is 12.2. The van der Waals surface area contributed by atoms with E-state index in [4.69, 9.17) is 5.73 Å². The van der Waals surface area contributed by atoms with E-state index in [1.165, 1.54) is 30.5 Å². The summed E-state index contributed by atoms with van der Waals surface area (Å²) < 4.78 is 67.0. The maximum Gasteiger partial charge on any atom is 0.303 e. The number of pyridine rings is 2. The molecule has 0 spiro atoms. The lowest BCUT2D eigenvalue weighted by Gasteiger charge is -2.16. The molecule has 0 fully saturated rings. The summed E-state index contributed by atoms with van der Waals surface area (Å²) in [6.45, 7) is 0. The molecule has 240 valence electrons. The Hall–Kier alpha value is -5.57. The number of carbonyl (C=O) groups excluding carboxylic acids is 1. The number of nitrogens with two attached hydrogens (primary N) is 1. The molecule has 18 nitrogen and oxygen atoms in total. The second kappa shape index (κ2) is 12.4. The third kappa shape index (κ3) is 6.89. The molecule has 7 N–H and O–H groups in total. The van der Waals surface area contributed by atoms with Crippen molar-refractivity contribution in [2.75, 3.05) is 0 Å². The van der Waals surface area contributed by atoms with Crippen LogP contribution in [0.1, 0.15) is 34.7 Å². The summed E-state index contributed by atoms with van der Waals surface area (Å²) in [5.41, 5.74) is 1.75. The van der Waals surface area contributed by atoms with E-state index < -0.39 is 95.0 Å². The quantitative estimate of drug-likeness (QED) is 0.0980. The number of aliphatic carboxylic acids is 2. The number of aromatic hydroxyl groups is 1. The van der Waals surface area contributed by atoms with Gasteiger partial charge < -0.3 is 21.1 Å². The predicted molar refractivity (Wildman–Crippen MR) is 155 cm³/mol. The number of aromatic nitrogens is 2. The fraction of sp³-hybridized carbons (Fsp3) is 0.115. The van der Waals surface area contributed by atoms with Crippen LogP contribution in [0.2, 0.25) is 0 Å². The van der Waals surface area contributed by atoms with Crippen molar-refractivity contribution in [3.8, 4) is 11.6 Å². The largest absolute Gasteiger partial charge is 0.494 e. The van der Waals surface area contributed by atoms with Gasteiger partial charge in [-0.25, -0.2) is 4.57 Å². The Morgan fingerprint density at radius 3 is 2.09 bits per heavy atom. The van der Waals surface area contributed by atoms with Crippen molar-refractivity contribution in [2.45, 2.75) is 28.6 Å². The van der Waals surface area contributed by atoms with Crippen LogP contribution in [0.3, 0.4) is 0 Å². The molecule has 0 bridgehead atoms. The molecule has 1 amide bonds. The van der Waals surface area contributed by atoms with Gasteiger partial charge in [-0.15, -0.1) is 10.2 Å². The SMILES string of the molecule is NC(=O)c1cc(N=Nc2ccc(C(CC(=O)O)CC(=O)O)c3ncccc23)c(=O)n(-c2cc(S(=O)(=O)O)ccc2S(=O)(=O)O)c1O. The van der Waals surface area contributed by atoms with E-state index in [1.54, 1.807) is 0 Å². The number of carboxylic acids is 2. The maximum absolute atomic E-state index is 13.5. The summed E-state index contributed by atoms with van der Waals surface area (Å²) in [6.07, 6.45) is 0.287. The molecule has 0 aliphatic heterocycles. The van der Waals surface area contributed by atoms with Crippen molar-refractivity contribution in [3.05, 3.63) is 76.2 Å². The monoisotopic (exact) mass is 675 g/mol. The molecule has 0 aliphatic carbocycles. The van der Waals surface area contributed by atoms with Crippen LogP contribution in [0.15, 0.2) is 79.5 Å². The average molecular weight is 676 g/mol. The number of carboxylic acid groups (broad SMARTS) is 2. The third-order valence-corrected chi connectivity index (χ3v) is 8.24. The highest BCUT2D eigenvalue weighted by molar-refractivity contribution is 7.86. The molecule has 4 rings (SSSR count). The van der Waals surface area contributed by atoms with Crippen LogP contribution in [0.5, 0.6) is 5.88 Å². The number of amides is 1. The van der Waals surface area contributed by atoms with Crippen LogP contribution in [0, 0.1) is 0 Å². The average Bonchev–Trinajstić information content (AvgIpc) is 2.94. The van der Waals surface area contributed by atoms with E-state index in [0.29, 0.717) is 24.3 Å². The van der Waals surface area contributed by atoms with Crippen molar-refractivity contribution in [1.29, 1.82) is 0 Å². The highest BCUT2D eigenvalue weighted by atomic mass is 32.2. The number of hydrogen-bond donors (Lipinski definition) is 6. The zero-order chi connectivity index (χ0) is 34.1. The minimum absolute atomic E-state index is 0.00268. The summed E-state index contributed by atoms with van der Waals surface area (Å²) in [6, 6.07) is 7.87. The summed E-state index contributed by atoms with van der Waals surface area (Å²) in [5.74, 6) is -6.14. The van der Waals surface area contributed by atoms with Crippen molar-refractivity contribution in [1.82, 2.24) is 9.55 Å². The lowest BCUT2D eigenvalue weighted by atomic mass is 9.90. The first-order chi connectivity index (χ1) is 21.4. The first-order valence-corrected chi connectivity index (χ1v) is 15.4. The van der Waals surface area contributed by atoms with Gasteiger partial charge >= 0.3 is 11.9 Å². The molecule has 2 heterocycles. The van der Waals surface area contributed by atoms with Gasteiger partial charge in [0, 0.05) is 17.5 Å². The van der Waals surface area contributed by atoms with Crippen molar-refractivity contribution < 1.29 is 55.6 Å². The Labute approximate surface area is 257 Å². The Morgan fingerprint density at radius 2 is 1.52 bits per heavy atom. The summed E-state index contributed by atoms with van der Waals surface area (Å²) in [5, 5.41) is 37.4. The number of hydrogen-bond acceptors (Lipinski definition) is 12. The molecule has 0 radical (unpaired) electrons. The molecule has 20 heteroatoms. The summed E-state index contributed by atoms with van der Waals surface area (Å²) >= 11 is 0. The van der Waals surface area contributed by atoms with Gasteiger partial charge in [0.15, 0.2) is 5.69 Å². The molecule has 46 heavy (non-hydrogen) atoms. The van der Waals surface area contributed by atoms with E-state index in [-0.39, 0.29) is 26.7 Å². The van der Waals surface area contributed by atoms with Crippen molar-refractivity contribution in [3.63, 3.8) is 0 Å². The molecule has 4 aromatic rings. The van der Waals surface area contributed by atoms with Gasteiger partial charge in [-0.2, -0.15) is 16.8 Å². The number of nitrogens with zero attached hydrogens (tertiary/aromatic N) is 4. The third-order valence-electron chi connectivity index (χ3n) is 6.49. The first kappa shape index (κ1) is 33.3. The lowest BCUT2D eigenvalue weighted by Crippen LogP contribution is -2.24. The minimum atomic E-state index is -5.23. The molecule has 0 saturated carbocycles. The highest BCUT2D eigenvalue weighted by Gasteiger charge is 2.27. The van der Waals surface area contributed by atoms with Crippen LogP contribution in [0.4, 0.5) is 11.4 Å². The van der Waals surface area contributed by atoms with Gasteiger partial charge in [0.2, 0.25) is 5.88 Å². The zero-order valence-electron chi connectivity index (χ0n) is 22.9. The Balaban J connectivity index is 1.97. The van der Waals surface area contributed by atoms with E-state index in [0.717, 1.165) is 0 Å². The standard InChI is InChI=1S/C26H21N5O13S2/c27-24(36)16-11-18(26(38)31(25(16)37)19-10-13(45(39,40)41)3-6-20(19)46(42,43)44)30-29-17-5-4-14(23-15(17)2-1-7-28-23)12(8-21(32)33)9-22(34)35/h1-7,10-12,37H,8-9H2,(H2,27,36)(H,32,33)(H,34,35)(H,39,40,41)(H,42,43,44). The smallest absolute Gasteiger partial charge is 0.303 e. The van der Waals surface area contributed by atoms with E-state index in [1.807, 2.05) is 0 Å². The molecule has 0 unspecified atom stereocenters. The van der Waals surface area contributed by atoms with E-state index in [9.17, 15) is 60.4 Å². The Kier molecular flexibility index (Phi) is 9.01. The van der Waals surface area contributed by atoms with Gasteiger partial charge in [0.05, 0.1) is 34.6 Å². The topological polar surface area (TPSA) is 306 Å². The molecule has 0 aliphatic rings. The molecule has 0 saturated heterocycles. The number of rotatable bonds is 11. The van der Waals surface area contributed by atoms with Crippen LogP contribution in [-0.2, 0) is 29.8 Å². The maximum atomic E-state index is 13.5.